The lowest BCUT2D eigenvalue weighted by Gasteiger charge is -2.11. The molecule has 0 amide bonds. The second-order valence-electron chi connectivity index (χ2n) is 1.81. The van der Waals surface area contributed by atoms with Gasteiger partial charge in [0.05, 0.1) is 0 Å². The van der Waals surface area contributed by atoms with Crippen molar-refractivity contribution in [1.82, 2.24) is 0 Å². The van der Waals surface area contributed by atoms with Gasteiger partial charge in [-0.2, -0.15) is 0 Å². The van der Waals surface area contributed by atoms with Crippen molar-refractivity contribution in [3.63, 3.8) is 0 Å². The highest BCUT2D eigenvalue weighted by molar-refractivity contribution is 5.22. The molecule has 0 aromatic rings. The van der Waals surface area contributed by atoms with Gasteiger partial charge >= 0.3 is 0 Å². The molecule has 1 heterocycles. The van der Waals surface area contributed by atoms with E-state index in [2.05, 4.69) is 0 Å². The molecule has 1 rings (SSSR count). The Labute approximate surface area is 52.9 Å². The van der Waals surface area contributed by atoms with E-state index in [1.807, 2.05) is 0 Å². The van der Waals surface area contributed by atoms with E-state index >= 15 is 0 Å². The van der Waals surface area contributed by atoms with Gasteiger partial charge in [0.1, 0.15) is 12.4 Å². The van der Waals surface area contributed by atoms with Crippen LogP contribution < -0.4 is 0 Å². The first kappa shape index (κ1) is 6.01. The van der Waals surface area contributed by atoms with E-state index in [4.69, 9.17) is 14.9 Å². The van der Waals surface area contributed by atoms with Gasteiger partial charge in [-0.25, -0.2) is 0 Å². The van der Waals surface area contributed by atoms with Gasteiger partial charge in [-0.05, 0) is 13.0 Å². The normalized spacial score (nSPS) is 19.0. The smallest absolute Gasteiger partial charge is 0.195 e. The predicted molar refractivity (Wildman–Crippen MR) is 32.0 cm³/mol. The molecule has 9 heavy (non-hydrogen) atoms. The van der Waals surface area contributed by atoms with E-state index < -0.39 is 0 Å². The van der Waals surface area contributed by atoms with E-state index in [9.17, 15) is 0 Å². The van der Waals surface area contributed by atoms with Crippen LogP contribution in [0.15, 0.2) is 23.4 Å². The predicted octanol–water partition coefficient (Wildman–Crippen LogP) is 1.25. The van der Waals surface area contributed by atoms with Gasteiger partial charge < -0.3 is 14.9 Å². The van der Waals surface area contributed by atoms with Crippen LogP contribution in [0, 0.1) is 0 Å². The van der Waals surface area contributed by atoms with Crippen LogP contribution in [-0.2, 0) is 4.74 Å². The Morgan fingerprint density at radius 1 is 1.56 bits per heavy atom. The summed E-state index contributed by atoms with van der Waals surface area (Å²) in [4.78, 5) is 0. The molecule has 0 radical (unpaired) electrons. The quantitative estimate of drug-likeness (QED) is 0.516. The van der Waals surface area contributed by atoms with Gasteiger partial charge in [-0.1, -0.05) is 0 Å². The summed E-state index contributed by atoms with van der Waals surface area (Å²) in [5.41, 5.74) is 0. The zero-order valence-corrected chi connectivity index (χ0v) is 5.09. The molecule has 0 aromatic heterocycles. The van der Waals surface area contributed by atoms with Crippen molar-refractivity contribution in [1.29, 1.82) is 0 Å². The molecule has 3 nitrogen and oxygen atoms in total. The van der Waals surface area contributed by atoms with Crippen molar-refractivity contribution in [3.05, 3.63) is 23.4 Å². The lowest BCUT2D eigenvalue weighted by atomic mass is 10.3. The summed E-state index contributed by atoms with van der Waals surface area (Å²) in [6, 6.07) is 0. The topological polar surface area (TPSA) is 49.7 Å². The second-order valence-corrected chi connectivity index (χ2v) is 1.81. The largest absolute Gasteiger partial charge is 0.504 e. The molecule has 0 spiro atoms. The van der Waals surface area contributed by atoms with Crippen LogP contribution in [-0.4, -0.2) is 16.8 Å². The van der Waals surface area contributed by atoms with Gasteiger partial charge in [0.2, 0.25) is 0 Å². The first-order valence-corrected chi connectivity index (χ1v) is 2.64. The van der Waals surface area contributed by atoms with Crippen LogP contribution in [0.3, 0.4) is 0 Å². The molecule has 3 heteroatoms. The molecule has 2 N–H and O–H groups in total. The van der Waals surface area contributed by atoms with Crippen molar-refractivity contribution < 1.29 is 14.9 Å². The van der Waals surface area contributed by atoms with E-state index in [0.717, 1.165) is 0 Å². The van der Waals surface area contributed by atoms with Crippen molar-refractivity contribution in [2.45, 2.75) is 6.92 Å². The molecular weight excluding hydrogens is 120 g/mol. The Morgan fingerprint density at radius 2 is 2.22 bits per heavy atom. The third kappa shape index (κ3) is 0.988. The summed E-state index contributed by atoms with van der Waals surface area (Å²) in [6.45, 7) is 1.93. The van der Waals surface area contributed by atoms with Gasteiger partial charge in [0.25, 0.3) is 0 Å². The van der Waals surface area contributed by atoms with Crippen LogP contribution in [0.2, 0.25) is 0 Å². The lowest BCUT2D eigenvalue weighted by Crippen LogP contribution is -2.03. The number of rotatable bonds is 0. The van der Waals surface area contributed by atoms with E-state index in [1.54, 1.807) is 6.92 Å². The maximum absolute atomic E-state index is 8.88. The third-order valence-corrected chi connectivity index (χ3v) is 1.15. The standard InChI is InChI=1S/C6H8O3/c1-4-6(8)5(7)2-3-9-4/h2,7-8H,3H2,1H3. The Morgan fingerprint density at radius 3 is 2.67 bits per heavy atom. The lowest BCUT2D eigenvalue weighted by molar-refractivity contribution is 0.192. The van der Waals surface area contributed by atoms with Gasteiger partial charge in [-0.3, -0.25) is 0 Å². The Balaban J connectivity index is 2.88. The number of ether oxygens (including phenoxy) is 1. The molecule has 0 saturated heterocycles. The Kier molecular flexibility index (Phi) is 1.34. The minimum absolute atomic E-state index is 0.0984. The highest BCUT2D eigenvalue weighted by atomic mass is 16.5. The number of aliphatic hydroxyl groups excluding tert-OH is 2. The van der Waals surface area contributed by atoms with Crippen LogP contribution in [0.5, 0.6) is 0 Å². The number of hydrogen-bond donors (Lipinski definition) is 2. The Bertz CT molecular complexity index is 179. The summed E-state index contributed by atoms with van der Waals surface area (Å²) >= 11 is 0. The monoisotopic (exact) mass is 128 g/mol. The van der Waals surface area contributed by atoms with Crippen molar-refractivity contribution in [2.24, 2.45) is 0 Å². The van der Waals surface area contributed by atoms with Gasteiger partial charge in [-0.15, -0.1) is 0 Å². The van der Waals surface area contributed by atoms with Gasteiger partial charge in [0.15, 0.2) is 11.5 Å². The molecule has 50 valence electrons. The average Bonchev–Trinajstić information content (AvgIpc) is 1.83. The molecule has 0 aromatic carbocycles. The maximum atomic E-state index is 8.88. The fourth-order valence-electron chi connectivity index (χ4n) is 0.591. The first-order valence-electron chi connectivity index (χ1n) is 2.64. The number of hydrogen-bond acceptors (Lipinski definition) is 3. The number of allylic oxidation sites excluding steroid dienone is 1. The number of aliphatic hydroxyl groups is 2. The summed E-state index contributed by atoms with van der Waals surface area (Å²) < 4.78 is 4.85. The molecule has 0 atom stereocenters. The fourth-order valence-corrected chi connectivity index (χ4v) is 0.591. The van der Waals surface area contributed by atoms with Crippen LogP contribution in [0.4, 0.5) is 0 Å². The van der Waals surface area contributed by atoms with Crippen molar-refractivity contribution in [2.75, 3.05) is 6.61 Å². The highest BCUT2D eigenvalue weighted by Crippen LogP contribution is 2.14. The minimum Gasteiger partial charge on any atom is -0.504 e. The van der Waals surface area contributed by atoms with Crippen LogP contribution in [0.25, 0.3) is 0 Å². The first-order chi connectivity index (χ1) is 4.22. The third-order valence-electron chi connectivity index (χ3n) is 1.15. The van der Waals surface area contributed by atoms with E-state index in [-0.39, 0.29) is 11.5 Å². The molecule has 0 fully saturated rings. The Hall–Kier alpha value is -1.12. The summed E-state index contributed by atoms with van der Waals surface area (Å²) in [5, 5.41) is 17.7. The molecule has 0 bridgehead atoms. The fraction of sp³-hybridized carbons (Fsp3) is 0.333. The minimum atomic E-state index is -0.166. The van der Waals surface area contributed by atoms with Crippen LogP contribution >= 0.6 is 0 Å². The zero-order valence-electron chi connectivity index (χ0n) is 5.09. The molecular formula is C6H8O3. The summed E-state index contributed by atoms with van der Waals surface area (Å²) in [5.74, 6) is 0.106. The van der Waals surface area contributed by atoms with Crippen molar-refractivity contribution >= 4 is 0 Å². The molecule has 0 aliphatic carbocycles. The summed E-state index contributed by atoms with van der Waals surface area (Å²) in [6.07, 6.45) is 1.41. The SMILES string of the molecule is CC1=C(O)C(O)=CCO1. The zero-order chi connectivity index (χ0) is 6.85. The maximum Gasteiger partial charge on any atom is 0.195 e. The molecule has 1 aliphatic heterocycles. The average molecular weight is 128 g/mol. The molecule has 0 saturated carbocycles. The van der Waals surface area contributed by atoms with Crippen LogP contribution in [0.1, 0.15) is 6.92 Å². The van der Waals surface area contributed by atoms with Crippen molar-refractivity contribution in [3.8, 4) is 0 Å². The highest BCUT2D eigenvalue weighted by Gasteiger charge is 2.10. The van der Waals surface area contributed by atoms with Gasteiger partial charge in [0, 0.05) is 0 Å². The molecule has 0 unspecified atom stereocenters. The summed E-state index contributed by atoms with van der Waals surface area (Å²) in [7, 11) is 0. The molecule has 1 aliphatic rings. The van der Waals surface area contributed by atoms with E-state index in [0.29, 0.717) is 12.4 Å². The van der Waals surface area contributed by atoms with E-state index in [1.165, 1.54) is 6.08 Å². The second kappa shape index (κ2) is 2.01.